The second kappa shape index (κ2) is 6.17. The Kier molecular flexibility index (Phi) is 4.31. The smallest absolute Gasteiger partial charge is 0.332 e. The molecule has 1 heterocycles. The van der Waals surface area contributed by atoms with Crippen molar-refractivity contribution >= 4 is 17.4 Å². The van der Waals surface area contributed by atoms with Gasteiger partial charge in [-0.2, -0.15) is 0 Å². The number of hydrogen-bond donors (Lipinski definition) is 2. The summed E-state index contributed by atoms with van der Waals surface area (Å²) < 4.78 is 7.22. The van der Waals surface area contributed by atoms with E-state index in [0.29, 0.717) is 5.75 Å². The zero-order valence-corrected chi connectivity index (χ0v) is 12.2. The number of nitrogens with zero attached hydrogens (tertiary/aromatic N) is 2. The fraction of sp³-hybridized carbons (Fsp3) is 0.214. The summed E-state index contributed by atoms with van der Waals surface area (Å²) in [7, 11) is 2.72. The number of aromatic nitrogens is 2. The standard InChI is InChI=1S/C14H16N4O4/c1-17-12(15)11(13(20)18(2)14(17)21)16-10(19)8-22-9-6-4-3-5-7-9/h3-7H,8,15H2,1-2H3,(H,16,19). The normalized spacial score (nSPS) is 10.3. The first-order valence-electron chi connectivity index (χ1n) is 6.45. The number of nitrogens with one attached hydrogen (secondary N) is 1. The third kappa shape index (κ3) is 3.00. The minimum Gasteiger partial charge on any atom is -0.484 e. The molecule has 0 aliphatic heterocycles. The van der Waals surface area contributed by atoms with E-state index in [1.54, 1.807) is 24.3 Å². The van der Waals surface area contributed by atoms with E-state index >= 15 is 0 Å². The molecule has 116 valence electrons. The van der Waals surface area contributed by atoms with Crippen LogP contribution in [0.5, 0.6) is 5.75 Å². The molecule has 8 nitrogen and oxygen atoms in total. The third-order valence-corrected chi connectivity index (χ3v) is 3.09. The molecule has 0 saturated carbocycles. The van der Waals surface area contributed by atoms with E-state index in [2.05, 4.69) is 5.32 Å². The van der Waals surface area contributed by atoms with Gasteiger partial charge in [-0.3, -0.25) is 18.7 Å². The van der Waals surface area contributed by atoms with Gasteiger partial charge in [0.2, 0.25) is 0 Å². The summed E-state index contributed by atoms with van der Waals surface area (Å²) >= 11 is 0. The van der Waals surface area contributed by atoms with Crippen molar-refractivity contribution in [2.75, 3.05) is 17.7 Å². The maximum atomic E-state index is 12.0. The van der Waals surface area contributed by atoms with Crippen LogP contribution in [0.3, 0.4) is 0 Å². The second-order valence-electron chi connectivity index (χ2n) is 4.62. The molecule has 22 heavy (non-hydrogen) atoms. The third-order valence-electron chi connectivity index (χ3n) is 3.09. The summed E-state index contributed by atoms with van der Waals surface area (Å²) in [6.07, 6.45) is 0. The largest absolute Gasteiger partial charge is 0.484 e. The van der Waals surface area contributed by atoms with Crippen molar-refractivity contribution in [1.29, 1.82) is 0 Å². The first-order chi connectivity index (χ1) is 10.4. The van der Waals surface area contributed by atoms with Crippen LogP contribution in [-0.2, 0) is 18.9 Å². The van der Waals surface area contributed by atoms with Gasteiger partial charge in [0.05, 0.1) is 0 Å². The molecule has 0 aliphatic carbocycles. The SMILES string of the molecule is Cn1c(N)c(NC(=O)COc2ccccc2)c(=O)n(C)c1=O. The van der Waals surface area contributed by atoms with Gasteiger partial charge in [-0.15, -0.1) is 0 Å². The molecule has 0 saturated heterocycles. The Labute approximate surface area is 125 Å². The highest BCUT2D eigenvalue weighted by Crippen LogP contribution is 2.10. The van der Waals surface area contributed by atoms with Crippen LogP contribution in [0.25, 0.3) is 0 Å². The highest BCUT2D eigenvalue weighted by molar-refractivity contribution is 5.94. The molecule has 1 aromatic heterocycles. The number of nitrogen functional groups attached to an aromatic ring is 1. The number of para-hydroxylation sites is 1. The van der Waals surface area contributed by atoms with E-state index in [1.807, 2.05) is 6.07 Å². The number of benzene rings is 1. The maximum Gasteiger partial charge on any atom is 0.332 e. The number of carbonyl (C=O) groups excluding carboxylic acids is 1. The number of carbonyl (C=O) groups is 1. The monoisotopic (exact) mass is 304 g/mol. The number of ether oxygens (including phenoxy) is 1. The molecule has 0 radical (unpaired) electrons. The van der Waals surface area contributed by atoms with Crippen LogP contribution in [-0.4, -0.2) is 21.6 Å². The maximum absolute atomic E-state index is 12.0. The van der Waals surface area contributed by atoms with Crippen LogP contribution in [0.2, 0.25) is 0 Å². The predicted molar refractivity (Wildman–Crippen MR) is 81.9 cm³/mol. The van der Waals surface area contributed by atoms with E-state index in [-0.39, 0.29) is 18.1 Å². The van der Waals surface area contributed by atoms with Crippen LogP contribution in [0, 0.1) is 0 Å². The molecule has 0 unspecified atom stereocenters. The van der Waals surface area contributed by atoms with E-state index in [0.717, 1.165) is 9.13 Å². The van der Waals surface area contributed by atoms with Crippen LogP contribution < -0.4 is 27.0 Å². The zero-order valence-electron chi connectivity index (χ0n) is 12.2. The number of hydrogen-bond acceptors (Lipinski definition) is 5. The topological polar surface area (TPSA) is 108 Å². The summed E-state index contributed by atoms with van der Waals surface area (Å²) in [6, 6.07) is 8.77. The lowest BCUT2D eigenvalue weighted by Gasteiger charge is -2.12. The second-order valence-corrected chi connectivity index (χ2v) is 4.62. The lowest BCUT2D eigenvalue weighted by atomic mass is 10.3. The van der Waals surface area contributed by atoms with E-state index in [9.17, 15) is 14.4 Å². The molecule has 3 N–H and O–H groups in total. The number of amides is 1. The summed E-state index contributed by atoms with van der Waals surface area (Å²) in [5.74, 6) is -0.133. The van der Waals surface area contributed by atoms with Gasteiger partial charge in [-0.05, 0) is 12.1 Å². The molecule has 8 heteroatoms. The quantitative estimate of drug-likeness (QED) is 0.805. The molecule has 0 bridgehead atoms. The minimum absolute atomic E-state index is 0.110. The van der Waals surface area contributed by atoms with Crippen LogP contribution >= 0.6 is 0 Å². The number of rotatable bonds is 4. The first-order valence-corrected chi connectivity index (χ1v) is 6.45. The van der Waals surface area contributed by atoms with E-state index in [1.165, 1.54) is 14.1 Å². The zero-order chi connectivity index (χ0) is 16.3. The molecule has 1 aromatic carbocycles. The van der Waals surface area contributed by atoms with Gasteiger partial charge in [0.1, 0.15) is 17.3 Å². The Bertz CT molecular complexity index is 808. The predicted octanol–water partition coefficient (Wildman–Crippen LogP) is -0.316. The van der Waals surface area contributed by atoms with Gasteiger partial charge in [0, 0.05) is 14.1 Å². The van der Waals surface area contributed by atoms with Gasteiger partial charge in [-0.1, -0.05) is 18.2 Å². The Hall–Kier alpha value is -3.03. The summed E-state index contributed by atoms with van der Waals surface area (Å²) in [6.45, 7) is -0.282. The molecule has 0 fully saturated rings. The van der Waals surface area contributed by atoms with Crippen molar-refractivity contribution in [2.24, 2.45) is 14.1 Å². The van der Waals surface area contributed by atoms with Crippen molar-refractivity contribution in [3.63, 3.8) is 0 Å². The fourth-order valence-electron chi connectivity index (χ4n) is 1.82. The molecular weight excluding hydrogens is 288 g/mol. The van der Waals surface area contributed by atoms with Crippen LogP contribution in [0.15, 0.2) is 39.9 Å². The highest BCUT2D eigenvalue weighted by Gasteiger charge is 2.15. The lowest BCUT2D eigenvalue weighted by Crippen LogP contribution is -2.40. The van der Waals surface area contributed by atoms with Gasteiger partial charge in [0.25, 0.3) is 11.5 Å². The lowest BCUT2D eigenvalue weighted by molar-refractivity contribution is -0.118. The van der Waals surface area contributed by atoms with Gasteiger partial charge < -0.3 is 15.8 Å². The van der Waals surface area contributed by atoms with E-state index < -0.39 is 17.2 Å². The van der Waals surface area contributed by atoms with Crippen LogP contribution in [0.4, 0.5) is 11.5 Å². The van der Waals surface area contributed by atoms with Gasteiger partial charge in [-0.25, -0.2) is 4.79 Å². The molecule has 0 spiro atoms. The van der Waals surface area contributed by atoms with Gasteiger partial charge in [0.15, 0.2) is 6.61 Å². The van der Waals surface area contributed by atoms with Crippen molar-refractivity contribution in [2.45, 2.75) is 0 Å². The van der Waals surface area contributed by atoms with Crippen molar-refractivity contribution in [3.8, 4) is 5.75 Å². The van der Waals surface area contributed by atoms with Crippen LogP contribution in [0.1, 0.15) is 0 Å². The minimum atomic E-state index is -0.673. The molecule has 0 aliphatic rings. The Morgan fingerprint density at radius 2 is 1.82 bits per heavy atom. The molecule has 0 atom stereocenters. The Morgan fingerprint density at radius 3 is 2.45 bits per heavy atom. The molecular formula is C14H16N4O4. The average Bonchev–Trinajstić information content (AvgIpc) is 2.54. The Morgan fingerprint density at radius 1 is 1.18 bits per heavy atom. The van der Waals surface area contributed by atoms with Crippen molar-refractivity contribution in [3.05, 3.63) is 51.2 Å². The molecule has 2 aromatic rings. The first kappa shape index (κ1) is 15.4. The number of anilines is 2. The van der Waals surface area contributed by atoms with Crippen molar-refractivity contribution < 1.29 is 9.53 Å². The Balaban J connectivity index is 2.16. The molecule has 1 amide bonds. The van der Waals surface area contributed by atoms with E-state index in [4.69, 9.17) is 10.5 Å². The van der Waals surface area contributed by atoms with Crippen molar-refractivity contribution in [1.82, 2.24) is 9.13 Å². The highest BCUT2D eigenvalue weighted by atomic mass is 16.5. The summed E-state index contributed by atoms with van der Waals surface area (Å²) in [4.78, 5) is 35.5. The molecule has 2 rings (SSSR count). The summed E-state index contributed by atoms with van der Waals surface area (Å²) in [5, 5.41) is 2.38. The van der Waals surface area contributed by atoms with Gasteiger partial charge >= 0.3 is 5.69 Å². The number of nitrogens with two attached hydrogens (primary N) is 1. The summed E-state index contributed by atoms with van der Waals surface area (Å²) in [5.41, 5.74) is 4.31. The fourth-order valence-corrected chi connectivity index (χ4v) is 1.82. The average molecular weight is 304 g/mol.